The number of nitrogens with zero attached hydrogens (tertiary/aromatic N) is 4. The molecule has 5 nitrogen and oxygen atoms in total. The molecule has 2 aliphatic rings. The molecule has 5 heteroatoms. The highest BCUT2D eigenvalue weighted by atomic mass is 16.2. The first-order valence-electron chi connectivity index (χ1n) is 9.71. The van der Waals surface area contributed by atoms with Crippen molar-refractivity contribution >= 4 is 5.91 Å². The lowest BCUT2D eigenvalue weighted by molar-refractivity contribution is -0.132. The molecule has 0 bridgehead atoms. The fourth-order valence-electron chi connectivity index (χ4n) is 4.29. The number of carbonyl (C=O) groups is 1. The molecule has 0 N–H and O–H groups in total. The van der Waals surface area contributed by atoms with Crippen LogP contribution in [0.3, 0.4) is 0 Å². The van der Waals surface area contributed by atoms with Gasteiger partial charge in [-0.15, -0.1) is 0 Å². The molecule has 3 rings (SSSR count). The van der Waals surface area contributed by atoms with E-state index in [2.05, 4.69) is 23.1 Å². The van der Waals surface area contributed by atoms with Gasteiger partial charge in [-0.05, 0) is 58.9 Å². The maximum atomic E-state index is 12.7. The molecule has 1 aromatic rings. The third kappa shape index (κ3) is 3.81. The Morgan fingerprint density at radius 2 is 2.08 bits per heavy atom. The Morgan fingerprint density at radius 3 is 2.76 bits per heavy atom. The predicted molar refractivity (Wildman–Crippen MR) is 100 cm³/mol. The van der Waals surface area contributed by atoms with Crippen molar-refractivity contribution in [2.75, 3.05) is 26.2 Å². The summed E-state index contributed by atoms with van der Waals surface area (Å²) in [5.74, 6) is 1.37. The van der Waals surface area contributed by atoms with Crippen LogP contribution in [0.4, 0.5) is 0 Å². The summed E-state index contributed by atoms with van der Waals surface area (Å²) < 4.78 is 2.31. The molecule has 2 heterocycles. The summed E-state index contributed by atoms with van der Waals surface area (Å²) in [5.41, 5.74) is 3.74. The first-order valence-corrected chi connectivity index (χ1v) is 9.71. The molecular formula is C20H32N4O. The lowest BCUT2D eigenvalue weighted by Gasteiger charge is -2.28. The van der Waals surface area contributed by atoms with Gasteiger partial charge in [-0.1, -0.05) is 12.2 Å². The Labute approximate surface area is 151 Å². The van der Waals surface area contributed by atoms with E-state index in [1.165, 1.54) is 30.1 Å². The second-order valence-corrected chi connectivity index (χ2v) is 7.62. The first-order chi connectivity index (χ1) is 12.0. The van der Waals surface area contributed by atoms with E-state index in [1.54, 1.807) is 0 Å². The molecule has 1 aliphatic carbocycles. The van der Waals surface area contributed by atoms with Gasteiger partial charge < -0.3 is 9.47 Å². The normalized spacial score (nSPS) is 20.5. The molecule has 1 amide bonds. The van der Waals surface area contributed by atoms with Gasteiger partial charge in [0.15, 0.2) is 0 Å². The quantitative estimate of drug-likeness (QED) is 0.745. The SMILES string of the molecule is C=C(C)CN(CC)C(=O)CN1CCC[C@@H]1c1nc2c(n1C)CCCC2. The number of hydrogen-bond acceptors (Lipinski definition) is 3. The number of carbonyl (C=O) groups excluding carboxylic acids is 1. The average Bonchev–Trinajstić information content (AvgIpc) is 3.17. The largest absolute Gasteiger partial charge is 0.338 e. The first kappa shape index (κ1) is 18.2. The highest BCUT2D eigenvalue weighted by molar-refractivity contribution is 5.78. The van der Waals surface area contributed by atoms with E-state index < -0.39 is 0 Å². The van der Waals surface area contributed by atoms with Crippen molar-refractivity contribution in [1.82, 2.24) is 19.4 Å². The van der Waals surface area contributed by atoms with Crippen molar-refractivity contribution in [2.24, 2.45) is 7.05 Å². The fourth-order valence-corrected chi connectivity index (χ4v) is 4.29. The molecule has 1 aliphatic heterocycles. The lowest BCUT2D eigenvalue weighted by atomic mass is 10.0. The van der Waals surface area contributed by atoms with Crippen molar-refractivity contribution in [3.8, 4) is 0 Å². The molecule has 25 heavy (non-hydrogen) atoms. The van der Waals surface area contributed by atoms with Crippen LogP contribution in [-0.2, 0) is 24.7 Å². The highest BCUT2D eigenvalue weighted by Gasteiger charge is 2.33. The monoisotopic (exact) mass is 344 g/mol. The predicted octanol–water partition coefficient (Wildman–Crippen LogP) is 2.86. The average molecular weight is 345 g/mol. The van der Waals surface area contributed by atoms with Gasteiger partial charge in [-0.3, -0.25) is 9.69 Å². The van der Waals surface area contributed by atoms with Gasteiger partial charge in [0.2, 0.25) is 5.91 Å². The number of likely N-dealkylation sites (N-methyl/N-ethyl adjacent to an activating group) is 1. The minimum atomic E-state index is 0.205. The van der Waals surface area contributed by atoms with Crippen LogP contribution in [0.2, 0.25) is 0 Å². The molecule has 1 saturated heterocycles. The van der Waals surface area contributed by atoms with E-state index in [1.807, 2.05) is 18.7 Å². The lowest BCUT2D eigenvalue weighted by Crippen LogP contribution is -2.41. The van der Waals surface area contributed by atoms with Gasteiger partial charge >= 0.3 is 0 Å². The summed E-state index contributed by atoms with van der Waals surface area (Å²) in [5, 5.41) is 0. The molecule has 0 aromatic carbocycles. The van der Waals surface area contributed by atoms with Crippen molar-refractivity contribution in [3.63, 3.8) is 0 Å². The molecule has 0 saturated carbocycles. The van der Waals surface area contributed by atoms with Gasteiger partial charge in [0, 0.05) is 25.8 Å². The van der Waals surface area contributed by atoms with Crippen molar-refractivity contribution in [1.29, 1.82) is 0 Å². The third-order valence-corrected chi connectivity index (χ3v) is 5.60. The smallest absolute Gasteiger partial charge is 0.237 e. The summed E-state index contributed by atoms with van der Waals surface area (Å²) >= 11 is 0. The van der Waals surface area contributed by atoms with Gasteiger partial charge in [0.05, 0.1) is 18.3 Å². The maximum absolute atomic E-state index is 12.7. The molecule has 1 fully saturated rings. The standard InChI is InChI=1S/C20H32N4O/c1-5-23(13-15(2)3)19(25)14-24-12-8-11-18(24)20-21-16-9-6-7-10-17(16)22(20)4/h18H,2,5-14H2,1,3-4H3/t18-/m1/s1. The van der Waals surface area contributed by atoms with E-state index in [4.69, 9.17) is 4.98 Å². The van der Waals surface area contributed by atoms with E-state index in [9.17, 15) is 4.79 Å². The van der Waals surface area contributed by atoms with Crippen LogP contribution in [0.25, 0.3) is 0 Å². The number of rotatable bonds is 6. The van der Waals surface area contributed by atoms with Crippen molar-refractivity contribution in [2.45, 2.75) is 58.4 Å². The van der Waals surface area contributed by atoms with Crippen LogP contribution in [0, 0.1) is 0 Å². The van der Waals surface area contributed by atoms with E-state index in [0.29, 0.717) is 13.1 Å². The van der Waals surface area contributed by atoms with Gasteiger partial charge in [0.25, 0.3) is 0 Å². The number of hydrogen-bond donors (Lipinski definition) is 0. The highest BCUT2D eigenvalue weighted by Crippen LogP contribution is 2.33. The van der Waals surface area contributed by atoms with Gasteiger partial charge in [0.1, 0.15) is 5.82 Å². The van der Waals surface area contributed by atoms with E-state index >= 15 is 0 Å². The van der Waals surface area contributed by atoms with Crippen LogP contribution in [0.1, 0.15) is 62.8 Å². The summed E-state index contributed by atoms with van der Waals surface area (Å²) in [4.78, 5) is 22.0. The Morgan fingerprint density at radius 1 is 1.32 bits per heavy atom. The summed E-state index contributed by atoms with van der Waals surface area (Å²) in [6.07, 6.45) is 7.02. The zero-order valence-corrected chi connectivity index (χ0v) is 16.1. The summed E-state index contributed by atoms with van der Waals surface area (Å²) in [6.45, 7) is 10.8. The second-order valence-electron chi connectivity index (χ2n) is 7.62. The number of likely N-dealkylation sites (tertiary alicyclic amines) is 1. The number of fused-ring (bicyclic) bond motifs is 1. The number of imidazole rings is 1. The van der Waals surface area contributed by atoms with Crippen LogP contribution in [-0.4, -0.2) is 51.4 Å². The Kier molecular flexibility index (Phi) is 5.62. The second kappa shape index (κ2) is 7.73. The van der Waals surface area contributed by atoms with Crippen molar-refractivity contribution < 1.29 is 4.79 Å². The fraction of sp³-hybridized carbons (Fsp3) is 0.700. The molecule has 138 valence electrons. The maximum Gasteiger partial charge on any atom is 0.237 e. The van der Waals surface area contributed by atoms with Gasteiger partial charge in [-0.2, -0.15) is 0 Å². The number of amides is 1. The Hall–Kier alpha value is -1.62. The minimum Gasteiger partial charge on any atom is -0.338 e. The number of aromatic nitrogens is 2. The molecular weight excluding hydrogens is 312 g/mol. The summed E-state index contributed by atoms with van der Waals surface area (Å²) in [7, 11) is 2.16. The van der Waals surface area contributed by atoms with Crippen LogP contribution in [0.15, 0.2) is 12.2 Å². The molecule has 1 aromatic heterocycles. The molecule has 0 unspecified atom stereocenters. The third-order valence-electron chi connectivity index (χ3n) is 5.60. The Bertz CT molecular complexity index is 648. The van der Waals surface area contributed by atoms with Gasteiger partial charge in [-0.25, -0.2) is 4.98 Å². The minimum absolute atomic E-state index is 0.205. The van der Waals surface area contributed by atoms with E-state index in [0.717, 1.165) is 44.3 Å². The molecule has 0 spiro atoms. The van der Waals surface area contributed by atoms with Crippen LogP contribution < -0.4 is 0 Å². The Balaban J connectivity index is 1.74. The number of aryl methyl sites for hydroxylation is 1. The molecule has 0 radical (unpaired) electrons. The topological polar surface area (TPSA) is 41.4 Å². The zero-order chi connectivity index (χ0) is 18.0. The van der Waals surface area contributed by atoms with Crippen LogP contribution in [0.5, 0.6) is 0 Å². The van der Waals surface area contributed by atoms with Crippen LogP contribution >= 0.6 is 0 Å². The molecule has 1 atom stereocenters. The van der Waals surface area contributed by atoms with E-state index in [-0.39, 0.29) is 11.9 Å². The zero-order valence-electron chi connectivity index (χ0n) is 16.1. The summed E-state index contributed by atoms with van der Waals surface area (Å²) in [6, 6.07) is 0.281. The van der Waals surface area contributed by atoms with Crippen molar-refractivity contribution in [3.05, 3.63) is 29.4 Å².